The summed E-state index contributed by atoms with van der Waals surface area (Å²) in [4.78, 5) is 0. The molecule has 0 spiro atoms. The van der Waals surface area contributed by atoms with Crippen LogP contribution < -0.4 is 5.73 Å². The van der Waals surface area contributed by atoms with E-state index in [1.165, 1.54) is 0 Å². The van der Waals surface area contributed by atoms with E-state index in [1.54, 1.807) is 0 Å². The van der Waals surface area contributed by atoms with Gasteiger partial charge in [0.25, 0.3) is 5.92 Å². The zero-order chi connectivity index (χ0) is 13.9. The zero-order valence-corrected chi connectivity index (χ0v) is 9.91. The molecule has 2 N–H and O–H groups in total. The standard InChI is InChI=1S/C9H9ClF5N3/c1-18-6(10)4(5(17-18)9(13,14)15)7(3-16)2-8(7,11)12/h2-3,16H2,1H3. The lowest BCUT2D eigenvalue weighted by atomic mass is 9.95. The second kappa shape index (κ2) is 3.57. The molecule has 2 rings (SSSR count). The molecule has 1 unspecified atom stereocenters. The quantitative estimate of drug-likeness (QED) is 0.849. The van der Waals surface area contributed by atoms with Crippen LogP contribution in [0.25, 0.3) is 0 Å². The SMILES string of the molecule is Cn1nc(C(F)(F)F)c(C2(CN)CC2(F)F)c1Cl. The molecule has 0 aliphatic heterocycles. The maximum absolute atomic E-state index is 13.4. The average molecular weight is 290 g/mol. The van der Waals surface area contributed by atoms with Crippen molar-refractivity contribution < 1.29 is 22.0 Å². The maximum atomic E-state index is 13.4. The molecule has 0 aromatic carbocycles. The minimum atomic E-state index is -4.85. The fourth-order valence-electron chi connectivity index (χ4n) is 2.06. The van der Waals surface area contributed by atoms with Crippen LogP contribution in [0.4, 0.5) is 22.0 Å². The van der Waals surface area contributed by atoms with Crippen LogP contribution in [-0.2, 0) is 18.6 Å². The lowest BCUT2D eigenvalue weighted by Gasteiger charge is -2.15. The van der Waals surface area contributed by atoms with Crippen molar-refractivity contribution >= 4 is 11.6 Å². The Hall–Kier alpha value is -0.890. The Morgan fingerprint density at radius 2 is 1.94 bits per heavy atom. The Balaban J connectivity index is 2.65. The van der Waals surface area contributed by atoms with E-state index in [0.717, 1.165) is 11.7 Å². The summed E-state index contributed by atoms with van der Waals surface area (Å²) in [7, 11) is 1.16. The highest BCUT2D eigenvalue weighted by Crippen LogP contribution is 2.63. The molecule has 1 aromatic heterocycles. The largest absolute Gasteiger partial charge is 0.435 e. The highest BCUT2D eigenvalue weighted by molar-refractivity contribution is 6.30. The second-order valence-corrected chi connectivity index (χ2v) is 4.66. The number of aromatic nitrogens is 2. The highest BCUT2D eigenvalue weighted by atomic mass is 35.5. The summed E-state index contributed by atoms with van der Waals surface area (Å²) < 4.78 is 65.7. The minimum absolute atomic E-state index is 0.454. The van der Waals surface area contributed by atoms with Crippen LogP contribution in [0.3, 0.4) is 0 Å². The van der Waals surface area contributed by atoms with E-state index in [9.17, 15) is 22.0 Å². The fourth-order valence-corrected chi connectivity index (χ4v) is 2.36. The van der Waals surface area contributed by atoms with Gasteiger partial charge in [-0.1, -0.05) is 11.6 Å². The molecular weight excluding hydrogens is 281 g/mol. The van der Waals surface area contributed by atoms with E-state index >= 15 is 0 Å². The van der Waals surface area contributed by atoms with E-state index in [4.69, 9.17) is 17.3 Å². The summed E-state index contributed by atoms with van der Waals surface area (Å²) in [5.41, 5.74) is 1.08. The van der Waals surface area contributed by atoms with E-state index in [-0.39, 0.29) is 0 Å². The lowest BCUT2D eigenvalue weighted by molar-refractivity contribution is -0.142. The predicted octanol–water partition coefficient (Wildman–Crippen LogP) is 2.33. The van der Waals surface area contributed by atoms with Crippen LogP contribution in [0.2, 0.25) is 5.15 Å². The molecule has 1 aliphatic rings. The molecule has 1 heterocycles. The number of nitrogens with two attached hydrogens (primary N) is 1. The van der Waals surface area contributed by atoms with Gasteiger partial charge < -0.3 is 5.73 Å². The van der Waals surface area contributed by atoms with Crippen molar-refractivity contribution in [3.8, 4) is 0 Å². The molecule has 1 aliphatic carbocycles. The molecule has 1 aromatic rings. The summed E-state index contributed by atoms with van der Waals surface area (Å²) in [6, 6.07) is 0. The van der Waals surface area contributed by atoms with Crippen LogP contribution >= 0.6 is 11.6 Å². The van der Waals surface area contributed by atoms with Crippen LogP contribution in [0.5, 0.6) is 0 Å². The van der Waals surface area contributed by atoms with Crippen molar-refractivity contribution in [3.05, 3.63) is 16.4 Å². The van der Waals surface area contributed by atoms with E-state index in [1.807, 2.05) is 0 Å². The van der Waals surface area contributed by atoms with Crippen LogP contribution in [0, 0.1) is 0 Å². The smallest absolute Gasteiger partial charge is 0.329 e. The number of hydrogen-bond acceptors (Lipinski definition) is 2. The molecule has 1 atom stereocenters. The third-order valence-electron chi connectivity index (χ3n) is 3.17. The van der Waals surface area contributed by atoms with E-state index in [0.29, 0.717) is 0 Å². The average Bonchev–Trinajstić information content (AvgIpc) is 2.64. The molecule has 0 amide bonds. The van der Waals surface area contributed by atoms with Gasteiger partial charge in [0.2, 0.25) is 0 Å². The third-order valence-corrected chi connectivity index (χ3v) is 3.61. The molecule has 3 nitrogen and oxygen atoms in total. The Labute approximate surface area is 104 Å². The summed E-state index contributed by atoms with van der Waals surface area (Å²) >= 11 is 5.66. The van der Waals surface area contributed by atoms with Crippen LogP contribution in [-0.4, -0.2) is 22.2 Å². The molecule has 9 heteroatoms. The first-order valence-electron chi connectivity index (χ1n) is 4.95. The molecule has 0 bridgehead atoms. The van der Waals surface area contributed by atoms with Gasteiger partial charge in [-0.25, -0.2) is 8.78 Å². The minimum Gasteiger partial charge on any atom is -0.329 e. The molecule has 102 valence electrons. The van der Waals surface area contributed by atoms with Gasteiger partial charge in [0.15, 0.2) is 5.69 Å². The van der Waals surface area contributed by atoms with Crippen molar-refractivity contribution in [3.63, 3.8) is 0 Å². The Morgan fingerprint density at radius 1 is 1.44 bits per heavy atom. The first kappa shape index (κ1) is 13.5. The number of alkyl halides is 5. The number of halogens is 6. The topological polar surface area (TPSA) is 43.8 Å². The number of aryl methyl sites for hydroxylation is 1. The summed E-state index contributed by atoms with van der Waals surface area (Å²) in [6.45, 7) is -0.617. The maximum Gasteiger partial charge on any atom is 0.435 e. The van der Waals surface area contributed by atoms with E-state index in [2.05, 4.69) is 5.10 Å². The van der Waals surface area contributed by atoms with Crippen molar-refractivity contribution in [1.29, 1.82) is 0 Å². The molecule has 18 heavy (non-hydrogen) atoms. The first-order valence-corrected chi connectivity index (χ1v) is 5.33. The summed E-state index contributed by atoms with van der Waals surface area (Å²) in [6.07, 6.45) is -5.59. The normalized spacial score (nSPS) is 26.4. The number of hydrogen-bond donors (Lipinski definition) is 1. The van der Waals surface area contributed by atoms with Gasteiger partial charge in [-0.2, -0.15) is 18.3 Å². The summed E-state index contributed by atoms with van der Waals surface area (Å²) in [5.74, 6) is -3.28. The first-order chi connectivity index (χ1) is 8.07. The van der Waals surface area contributed by atoms with Gasteiger partial charge in [-0.05, 0) is 0 Å². The van der Waals surface area contributed by atoms with Crippen molar-refractivity contribution in [1.82, 2.24) is 9.78 Å². The Kier molecular flexibility index (Phi) is 2.68. The van der Waals surface area contributed by atoms with Crippen molar-refractivity contribution in [2.24, 2.45) is 12.8 Å². The summed E-state index contributed by atoms with van der Waals surface area (Å²) in [5, 5.41) is 2.72. The third kappa shape index (κ3) is 1.62. The molecule has 0 radical (unpaired) electrons. The molecule has 1 fully saturated rings. The highest BCUT2D eigenvalue weighted by Gasteiger charge is 2.74. The van der Waals surface area contributed by atoms with Crippen LogP contribution in [0.1, 0.15) is 17.7 Å². The van der Waals surface area contributed by atoms with E-state index < -0.39 is 46.9 Å². The fraction of sp³-hybridized carbons (Fsp3) is 0.667. The monoisotopic (exact) mass is 289 g/mol. The van der Waals surface area contributed by atoms with Gasteiger partial charge in [-0.15, -0.1) is 0 Å². The van der Waals surface area contributed by atoms with Crippen molar-refractivity contribution in [2.45, 2.75) is 23.9 Å². The van der Waals surface area contributed by atoms with Gasteiger partial charge >= 0.3 is 6.18 Å². The molecule has 0 saturated heterocycles. The number of rotatable bonds is 2. The zero-order valence-electron chi connectivity index (χ0n) is 9.15. The molecule has 1 saturated carbocycles. The Bertz CT molecular complexity index is 495. The van der Waals surface area contributed by atoms with Crippen molar-refractivity contribution in [2.75, 3.05) is 6.54 Å². The van der Waals surface area contributed by atoms with Gasteiger partial charge in [-0.3, -0.25) is 4.68 Å². The lowest BCUT2D eigenvalue weighted by Crippen LogP contribution is -2.29. The van der Waals surface area contributed by atoms with Gasteiger partial charge in [0, 0.05) is 25.6 Å². The van der Waals surface area contributed by atoms with Crippen LogP contribution in [0.15, 0.2) is 0 Å². The van der Waals surface area contributed by atoms with Gasteiger partial charge in [0.1, 0.15) is 5.15 Å². The molecular formula is C9H9ClF5N3. The second-order valence-electron chi connectivity index (χ2n) is 4.30. The number of nitrogens with zero attached hydrogens (tertiary/aromatic N) is 2. The Morgan fingerprint density at radius 3 is 2.28 bits per heavy atom. The van der Waals surface area contributed by atoms with Gasteiger partial charge in [0.05, 0.1) is 5.41 Å². The predicted molar refractivity (Wildman–Crippen MR) is 53.5 cm³/mol.